The maximum absolute atomic E-state index is 5.57. The van der Waals surface area contributed by atoms with Crippen molar-refractivity contribution < 1.29 is 4.74 Å². The Bertz CT molecular complexity index is 506. The number of rotatable bonds is 3. The molecular weight excluding hydrogens is 230 g/mol. The highest BCUT2D eigenvalue weighted by molar-refractivity contribution is 5.48. The van der Waals surface area contributed by atoms with E-state index < -0.39 is 0 Å². The molecule has 1 N–H and O–H groups in total. The van der Waals surface area contributed by atoms with Crippen LogP contribution in [0.15, 0.2) is 24.9 Å². The zero-order valence-corrected chi connectivity index (χ0v) is 10.6. The molecule has 96 valence electrons. The van der Waals surface area contributed by atoms with Crippen LogP contribution in [0.5, 0.6) is 0 Å². The maximum atomic E-state index is 5.57. The Kier molecular flexibility index (Phi) is 2.89. The number of hydrogen-bond acceptors (Lipinski definition) is 4. The van der Waals surface area contributed by atoms with Gasteiger partial charge in [0.05, 0.1) is 24.7 Å². The predicted molar refractivity (Wildman–Crippen MR) is 67.1 cm³/mol. The fraction of sp³-hybridized carbons (Fsp3) is 0.500. The number of nitrogens with one attached hydrogen (secondary N) is 1. The topological polar surface area (TPSA) is 59.0 Å². The molecule has 0 amide bonds. The van der Waals surface area contributed by atoms with Gasteiger partial charge in [-0.1, -0.05) is 0 Å². The first-order valence-corrected chi connectivity index (χ1v) is 6.02. The Morgan fingerprint density at radius 3 is 3.06 bits per heavy atom. The van der Waals surface area contributed by atoms with Gasteiger partial charge in [0, 0.05) is 32.6 Å². The van der Waals surface area contributed by atoms with Gasteiger partial charge in [0.1, 0.15) is 5.69 Å². The molecule has 6 nitrogen and oxygen atoms in total. The van der Waals surface area contributed by atoms with E-state index in [0.29, 0.717) is 6.04 Å². The van der Waals surface area contributed by atoms with Gasteiger partial charge in [-0.15, -0.1) is 0 Å². The van der Waals surface area contributed by atoms with Gasteiger partial charge in [0.2, 0.25) is 0 Å². The van der Waals surface area contributed by atoms with E-state index in [0.717, 1.165) is 24.6 Å². The lowest BCUT2D eigenvalue weighted by molar-refractivity contribution is 0.0832. The minimum absolute atomic E-state index is 0.200. The third-order valence-corrected chi connectivity index (χ3v) is 3.49. The molecule has 0 unspecified atom stereocenters. The minimum atomic E-state index is 0.200. The Morgan fingerprint density at radius 1 is 1.44 bits per heavy atom. The third-order valence-electron chi connectivity index (χ3n) is 3.49. The van der Waals surface area contributed by atoms with E-state index in [1.807, 2.05) is 12.4 Å². The van der Waals surface area contributed by atoms with Crippen LogP contribution >= 0.6 is 0 Å². The molecule has 0 aliphatic carbocycles. The molecule has 1 aliphatic rings. The molecular formula is C12H17N5O. The molecule has 6 heteroatoms. The first-order chi connectivity index (χ1) is 8.79. The Balaban J connectivity index is 1.95. The number of H-pyrrole nitrogens is 1. The minimum Gasteiger partial charge on any atom is -0.378 e. The van der Waals surface area contributed by atoms with Crippen LogP contribution in [0.25, 0.3) is 11.5 Å². The lowest BCUT2D eigenvalue weighted by Crippen LogP contribution is -2.24. The molecule has 2 aromatic rings. The molecule has 3 heterocycles. The van der Waals surface area contributed by atoms with Crippen molar-refractivity contribution in [1.82, 2.24) is 24.4 Å². The van der Waals surface area contributed by atoms with E-state index in [-0.39, 0.29) is 6.10 Å². The summed E-state index contributed by atoms with van der Waals surface area (Å²) in [5.74, 6) is 0.912. The zero-order valence-electron chi connectivity index (χ0n) is 10.6. The standard InChI is InChI=1S/C12H17N5O/c1-16-6-10(11(7-16)18-2)17-4-3-14-12(17)9-5-13-8-15-9/h3-5,8,10-11H,6-7H2,1-2H3,(H,13,15)/t10-,11-/m0/s1. The monoisotopic (exact) mass is 247 g/mol. The summed E-state index contributed by atoms with van der Waals surface area (Å²) in [5, 5.41) is 0. The predicted octanol–water partition coefficient (Wildman–Crippen LogP) is 0.775. The third kappa shape index (κ3) is 1.83. The fourth-order valence-electron chi connectivity index (χ4n) is 2.61. The van der Waals surface area contributed by atoms with Crippen molar-refractivity contribution in [2.75, 3.05) is 27.2 Å². The average molecular weight is 247 g/mol. The summed E-state index contributed by atoms with van der Waals surface area (Å²) in [5.41, 5.74) is 0.935. The average Bonchev–Trinajstić information content (AvgIpc) is 3.07. The van der Waals surface area contributed by atoms with Crippen molar-refractivity contribution in [3.05, 3.63) is 24.9 Å². The molecule has 2 atom stereocenters. The van der Waals surface area contributed by atoms with Crippen LogP contribution in [0.2, 0.25) is 0 Å². The van der Waals surface area contributed by atoms with Gasteiger partial charge in [-0.25, -0.2) is 9.97 Å². The van der Waals surface area contributed by atoms with Gasteiger partial charge >= 0.3 is 0 Å². The second-order valence-electron chi connectivity index (χ2n) is 4.69. The zero-order chi connectivity index (χ0) is 12.5. The number of methoxy groups -OCH3 is 1. The number of nitrogens with zero attached hydrogens (tertiary/aromatic N) is 4. The van der Waals surface area contributed by atoms with E-state index in [2.05, 4.69) is 31.5 Å². The van der Waals surface area contributed by atoms with Crippen molar-refractivity contribution in [2.45, 2.75) is 12.1 Å². The lowest BCUT2D eigenvalue weighted by atomic mass is 10.2. The van der Waals surface area contributed by atoms with Crippen LogP contribution in [-0.4, -0.2) is 57.8 Å². The van der Waals surface area contributed by atoms with E-state index in [1.165, 1.54) is 0 Å². The summed E-state index contributed by atoms with van der Waals surface area (Å²) in [6.45, 7) is 1.91. The van der Waals surface area contributed by atoms with E-state index >= 15 is 0 Å². The van der Waals surface area contributed by atoms with Crippen LogP contribution in [-0.2, 0) is 4.74 Å². The van der Waals surface area contributed by atoms with Crippen molar-refractivity contribution in [2.24, 2.45) is 0 Å². The highest BCUT2D eigenvalue weighted by atomic mass is 16.5. The van der Waals surface area contributed by atoms with Gasteiger partial charge in [0.15, 0.2) is 5.82 Å². The number of imidazole rings is 2. The summed E-state index contributed by atoms with van der Waals surface area (Å²) in [6.07, 6.45) is 7.49. The molecule has 1 fully saturated rings. The van der Waals surface area contributed by atoms with Crippen LogP contribution in [0, 0.1) is 0 Å². The van der Waals surface area contributed by atoms with Crippen LogP contribution in [0.1, 0.15) is 6.04 Å². The number of aromatic amines is 1. The Labute approximate surface area is 106 Å². The maximum Gasteiger partial charge on any atom is 0.158 e. The number of likely N-dealkylation sites (N-methyl/N-ethyl adjacent to an activating group) is 1. The molecule has 1 saturated heterocycles. The normalized spacial score (nSPS) is 24.8. The van der Waals surface area contributed by atoms with Gasteiger partial charge in [-0.3, -0.25) is 0 Å². The largest absolute Gasteiger partial charge is 0.378 e. The highest BCUT2D eigenvalue weighted by Crippen LogP contribution is 2.27. The second-order valence-corrected chi connectivity index (χ2v) is 4.69. The van der Waals surface area contributed by atoms with E-state index in [1.54, 1.807) is 19.6 Å². The molecule has 18 heavy (non-hydrogen) atoms. The molecule has 2 aromatic heterocycles. The first kappa shape index (κ1) is 11.4. The summed E-state index contributed by atoms with van der Waals surface area (Å²) < 4.78 is 7.75. The molecule has 0 radical (unpaired) electrons. The number of ether oxygens (including phenoxy) is 1. The van der Waals surface area contributed by atoms with Gasteiger partial charge in [-0.05, 0) is 7.05 Å². The van der Waals surface area contributed by atoms with Crippen molar-refractivity contribution in [3.63, 3.8) is 0 Å². The van der Waals surface area contributed by atoms with Crippen LogP contribution < -0.4 is 0 Å². The number of likely N-dealkylation sites (tertiary alicyclic amines) is 1. The highest BCUT2D eigenvalue weighted by Gasteiger charge is 2.33. The Hall–Kier alpha value is -1.66. The van der Waals surface area contributed by atoms with Crippen LogP contribution in [0.4, 0.5) is 0 Å². The van der Waals surface area contributed by atoms with Crippen molar-refractivity contribution in [3.8, 4) is 11.5 Å². The summed E-state index contributed by atoms with van der Waals surface area (Å²) in [6, 6.07) is 0.292. The van der Waals surface area contributed by atoms with Gasteiger partial charge in [-0.2, -0.15) is 0 Å². The van der Waals surface area contributed by atoms with Gasteiger partial charge in [0.25, 0.3) is 0 Å². The SMILES string of the molecule is CO[C@H]1CN(C)C[C@@H]1n1ccnc1-c1cnc[nH]1. The molecule has 0 saturated carbocycles. The molecule has 0 bridgehead atoms. The van der Waals surface area contributed by atoms with Crippen LogP contribution in [0.3, 0.4) is 0 Å². The van der Waals surface area contributed by atoms with Crippen molar-refractivity contribution in [1.29, 1.82) is 0 Å². The summed E-state index contributed by atoms with van der Waals surface area (Å²) >= 11 is 0. The Morgan fingerprint density at radius 2 is 2.33 bits per heavy atom. The molecule has 0 spiro atoms. The lowest BCUT2D eigenvalue weighted by Gasteiger charge is -2.20. The van der Waals surface area contributed by atoms with E-state index in [9.17, 15) is 0 Å². The fourth-order valence-corrected chi connectivity index (χ4v) is 2.61. The quantitative estimate of drug-likeness (QED) is 0.870. The smallest absolute Gasteiger partial charge is 0.158 e. The number of hydrogen-bond donors (Lipinski definition) is 1. The van der Waals surface area contributed by atoms with E-state index in [4.69, 9.17) is 4.74 Å². The number of aromatic nitrogens is 4. The molecule has 0 aromatic carbocycles. The first-order valence-electron chi connectivity index (χ1n) is 6.02. The molecule has 3 rings (SSSR count). The summed E-state index contributed by atoms with van der Waals surface area (Å²) in [4.78, 5) is 13.8. The molecule has 1 aliphatic heterocycles. The second kappa shape index (κ2) is 4.55. The van der Waals surface area contributed by atoms with Crippen molar-refractivity contribution >= 4 is 0 Å². The van der Waals surface area contributed by atoms with Gasteiger partial charge < -0.3 is 19.2 Å². The summed E-state index contributed by atoms with van der Waals surface area (Å²) in [7, 11) is 3.88.